The monoisotopic (exact) mass is 265 g/mol. The summed E-state index contributed by atoms with van der Waals surface area (Å²) in [4.78, 5) is 0. The van der Waals surface area contributed by atoms with E-state index in [9.17, 15) is 4.39 Å². The van der Waals surface area contributed by atoms with Crippen molar-refractivity contribution >= 4 is 11.6 Å². The molecule has 0 amide bonds. The fraction of sp³-hybridized carbons (Fsp3) is 0.533. The third-order valence-electron chi connectivity index (χ3n) is 4.10. The van der Waals surface area contributed by atoms with Gasteiger partial charge in [-0.2, -0.15) is 5.26 Å². The van der Waals surface area contributed by atoms with Crippen LogP contribution in [0.15, 0.2) is 18.2 Å². The topological polar surface area (TPSA) is 23.8 Å². The van der Waals surface area contributed by atoms with Crippen molar-refractivity contribution in [3.05, 3.63) is 34.6 Å². The maximum atomic E-state index is 13.3. The second kappa shape index (κ2) is 4.90. The van der Waals surface area contributed by atoms with Crippen molar-refractivity contribution in [3.8, 4) is 6.07 Å². The van der Waals surface area contributed by atoms with E-state index in [1.807, 2.05) is 19.9 Å². The van der Waals surface area contributed by atoms with Crippen molar-refractivity contribution in [2.45, 2.75) is 39.0 Å². The van der Waals surface area contributed by atoms with Gasteiger partial charge < -0.3 is 0 Å². The fourth-order valence-electron chi connectivity index (χ4n) is 2.84. The van der Waals surface area contributed by atoms with Crippen LogP contribution in [0.5, 0.6) is 0 Å². The van der Waals surface area contributed by atoms with Gasteiger partial charge in [-0.1, -0.05) is 11.6 Å². The first-order valence-corrected chi connectivity index (χ1v) is 6.67. The molecule has 1 aromatic rings. The van der Waals surface area contributed by atoms with Crippen LogP contribution in [0, 0.1) is 28.5 Å². The summed E-state index contributed by atoms with van der Waals surface area (Å²) in [5.74, 6) is 0.436. The third-order valence-corrected chi connectivity index (χ3v) is 4.32. The Labute approximate surface area is 113 Å². The predicted octanol–water partition coefficient (Wildman–Crippen LogP) is 4.91. The molecule has 0 unspecified atom stereocenters. The lowest BCUT2D eigenvalue weighted by Gasteiger charge is -2.23. The number of nitriles is 1. The average Bonchev–Trinajstić information content (AvgIpc) is 2.77. The quantitative estimate of drug-likeness (QED) is 0.745. The highest BCUT2D eigenvalue weighted by molar-refractivity contribution is 6.30. The normalized spacial score (nSPS) is 23.9. The summed E-state index contributed by atoms with van der Waals surface area (Å²) in [6.07, 6.45) is 2.98. The molecule has 0 spiro atoms. The number of hydrogen-bond donors (Lipinski definition) is 0. The van der Waals surface area contributed by atoms with E-state index in [0.717, 1.165) is 24.8 Å². The number of halogens is 2. The summed E-state index contributed by atoms with van der Waals surface area (Å²) in [5.41, 5.74) is 0.669. The van der Waals surface area contributed by atoms with Crippen LogP contribution in [0.3, 0.4) is 0 Å². The average molecular weight is 266 g/mol. The molecule has 0 aliphatic heterocycles. The molecule has 1 aliphatic rings. The summed E-state index contributed by atoms with van der Waals surface area (Å²) in [6, 6.07) is 7.12. The summed E-state index contributed by atoms with van der Waals surface area (Å²) in [7, 11) is 0. The lowest BCUT2D eigenvalue weighted by molar-refractivity contribution is 0.297. The lowest BCUT2D eigenvalue weighted by atomic mass is 9.78. The highest BCUT2D eigenvalue weighted by Gasteiger charge is 2.36. The molecule has 0 aromatic heterocycles. The minimum absolute atomic E-state index is 0.277. The Morgan fingerprint density at radius 3 is 2.67 bits per heavy atom. The zero-order valence-corrected chi connectivity index (χ0v) is 11.5. The molecule has 1 nitrogen and oxygen atoms in total. The van der Waals surface area contributed by atoms with Crippen LogP contribution in [-0.2, 0) is 0 Å². The minimum Gasteiger partial charge on any atom is -0.207 e. The molecule has 0 radical (unpaired) electrons. The second-order valence-electron chi connectivity index (χ2n) is 5.74. The molecule has 2 rings (SSSR count). The molecule has 18 heavy (non-hydrogen) atoms. The first kappa shape index (κ1) is 13.4. The molecule has 1 aromatic carbocycles. The van der Waals surface area contributed by atoms with Gasteiger partial charge in [0.25, 0.3) is 0 Å². The summed E-state index contributed by atoms with van der Waals surface area (Å²) in [5, 5.41) is 9.62. The molecular weight excluding hydrogens is 249 g/mol. The molecular formula is C15H17ClFN. The van der Waals surface area contributed by atoms with E-state index in [0.29, 0.717) is 16.9 Å². The predicted molar refractivity (Wildman–Crippen MR) is 70.9 cm³/mol. The van der Waals surface area contributed by atoms with Crippen molar-refractivity contribution in [3.63, 3.8) is 0 Å². The third kappa shape index (κ3) is 2.67. The standard InChI is InChI=1S/C15H17ClFN/c1-15(2,9-18)12-4-3-10(5-12)11-6-13(16)8-14(17)7-11/h6-8,10,12H,3-5H2,1-2H3/t10-,12+/m1/s1. The SMILES string of the molecule is CC(C)(C#N)[C@H]1CC[C@@H](c2cc(F)cc(Cl)c2)C1. The van der Waals surface area contributed by atoms with Crippen LogP contribution in [0.25, 0.3) is 0 Å². The number of rotatable bonds is 2. The van der Waals surface area contributed by atoms with Crippen molar-refractivity contribution in [2.24, 2.45) is 11.3 Å². The Bertz CT molecular complexity index is 470. The van der Waals surface area contributed by atoms with Crippen LogP contribution in [-0.4, -0.2) is 0 Å². The smallest absolute Gasteiger partial charge is 0.124 e. The van der Waals surface area contributed by atoms with Gasteiger partial charge in [-0.25, -0.2) is 4.39 Å². The van der Waals surface area contributed by atoms with Crippen LogP contribution >= 0.6 is 11.6 Å². The highest BCUT2D eigenvalue weighted by atomic mass is 35.5. The highest BCUT2D eigenvalue weighted by Crippen LogP contribution is 2.46. The zero-order valence-electron chi connectivity index (χ0n) is 10.7. The summed E-state index contributed by atoms with van der Waals surface area (Å²) < 4.78 is 13.3. The maximum absolute atomic E-state index is 13.3. The maximum Gasteiger partial charge on any atom is 0.124 e. The van der Waals surface area contributed by atoms with E-state index in [4.69, 9.17) is 16.9 Å². The number of hydrogen-bond acceptors (Lipinski definition) is 1. The molecule has 1 saturated carbocycles. The molecule has 0 bridgehead atoms. The Morgan fingerprint density at radius 1 is 1.33 bits per heavy atom. The van der Waals surface area contributed by atoms with Crippen molar-refractivity contribution < 1.29 is 4.39 Å². The van der Waals surface area contributed by atoms with Crippen molar-refractivity contribution in [1.82, 2.24) is 0 Å². The van der Waals surface area contributed by atoms with E-state index in [1.165, 1.54) is 6.07 Å². The molecule has 0 heterocycles. The first-order chi connectivity index (χ1) is 8.42. The van der Waals surface area contributed by atoms with E-state index in [2.05, 4.69) is 6.07 Å². The Hall–Kier alpha value is -1.07. The van der Waals surface area contributed by atoms with Gasteiger partial charge in [0.2, 0.25) is 0 Å². The van der Waals surface area contributed by atoms with Crippen molar-refractivity contribution in [2.75, 3.05) is 0 Å². The Kier molecular flexibility index (Phi) is 3.64. The van der Waals surface area contributed by atoms with Gasteiger partial charge in [-0.3, -0.25) is 0 Å². The minimum atomic E-state index is -0.300. The van der Waals surface area contributed by atoms with E-state index in [1.54, 1.807) is 6.07 Å². The summed E-state index contributed by atoms with van der Waals surface area (Å²) in [6.45, 7) is 3.97. The fourth-order valence-corrected chi connectivity index (χ4v) is 3.07. The molecule has 1 aliphatic carbocycles. The number of nitrogens with zero attached hydrogens (tertiary/aromatic N) is 1. The van der Waals surface area contributed by atoms with Gasteiger partial charge in [-0.15, -0.1) is 0 Å². The van der Waals surface area contributed by atoms with Crippen LogP contribution in [0.4, 0.5) is 4.39 Å². The number of benzene rings is 1. The van der Waals surface area contributed by atoms with Gasteiger partial charge in [0.15, 0.2) is 0 Å². The van der Waals surface area contributed by atoms with Crippen LogP contribution in [0.2, 0.25) is 5.02 Å². The van der Waals surface area contributed by atoms with Gasteiger partial charge in [0, 0.05) is 5.02 Å². The lowest BCUT2D eigenvalue weighted by Crippen LogP contribution is -2.19. The van der Waals surface area contributed by atoms with E-state index >= 15 is 0 Å². The summed E-state index contributed by atoms with van der Waals surface area (Å²) >= 11 is 5.89. The van der Waals surface area contributed by atoms with Gasteiger partial charge >= 0.3 is 0 Å². The first-order valence-electron chi connectivity index (χ1n) is 6.29. The van der Waals surface area contributed by atoms with Crippen LogP contribution in [0.1, 0.15) is 44.6 Å². The largest absolute Gasteiger partial charge is 0.207 e. The van der Waals surface area contributed by atoms with Gasteiger partial charge in [0.05, 0.1) is 11.5 Å². The van der Waals surface area contributed by atoms with Gasteiger partial charge in [-0.05, 0) is 68.7 Å². The molecule has 2 atom stereocenters. The second-order valence-corrected chi connectivity index (χ2v) is 6.18. The zero-order chi connectivity index (χ0) is 13.3. The van der Waals surface area contributed by atoms with Crippen LogP contribution < -0.4 is 0 Å². The van der Waals surface area contributed by atoms with Gasteiger partial charge in [0.1, 0.15) is 5.82 Å². The molecule has 3 heteroatoms. The molecule has 0 N–H and O–H groups in total. The Morgan fingerprint density at radius 2 is 2.06 bits per heavy atom. The van der Waals surface area contributed by atoms with E-state index < -0.39 is 0 Å². The molecule has 96 valence electrons. The molecule has 0 saturated heterocycles. The van der Waals surface area contributed by atoms with E-state index in [-0.39, 0.29) is 11.2 Å². The Balaban J connectivity index is 2.16. The molecule has 1 fully saturated rings. The van der Waals surface area contributed by atoms with Crippen molar-refractivity contribution in [1.29, 1.82) is 5.26 Å².